The predicted octanol–water partition coefficient (Wildman–Crippen LogP) is 9.76. The van der Waals surface area contributed by atoms with Gasteiger partial charge in [0.2, 0.25) is 17.2 Å². The molecule has 0 radical (unpaired) electrons. The Morgan fingerprint density at radius 1 is 0.685 bits per heavy atom. The van der Waals surface area contributed by atoms with Gasteiger partial charge in [0, 0.05) is 60.3 Å². The normalized spacial score (nSPS) is 16.5. The maximum Gasteiger partial charge on any atom is 0.211 e. The lowest BCUT2D eigenvalue weighted by Crippen LogP contribution is -2.25. The van der Waals surface area contributed by atoms with Crippen molar-refractivity contribution >= 4 is 34.1 Å². The lowest BCUT2D eigenvalue weighted by Gasteiger charge is -2.30. The van der Waals surface area contributed by atoms with Crippen molar-refractivity contribution in [3.63, 3.8) is 0 Å². The molecule has 0 unspecified atom stereocenters. The first-order valence-corrected chi connectivity index (χ1v) is 19.7. The smallest absolute Gasteiger partial charge is 0.211 e. The van der Waals surface area contributed by atoms with Gasteiger partial charge in [0.1, 0.15) is 18.1 Å². The van der Waals surface area contributed by atoms with Crippen LogP contribution in [0.15, 0.2) is 83.4 Å². The third-order valence-corrected chi connectivity index (χ3v) is 10.6. The summed E-state index contributed by atoms with van der Waals surface area (Å²) in [6, 6.07) is 15.0. The van der Waals surface area contributed by atoms with E-state index in [9.17, 15) is 25.2 Å². The molecule has 0 aromatic heterocycles. The second kappa shape index (κ2) is 18.1. The number of anilines is 2. The summed E-state index contributed by atoms with van der Waals surface area (Å²) in [5, 5.41) is 41.8. The molecule has 2 aliphatic rings. The average Bonchev–Trinajstić information content (AvgIpc) is 3.12. The van der Waals surface area contributed by atoms with E-state index in [0.29, 0.717) is 30.5 Å². The summed E-state index contributed by atoms with van der Waals surface area (Å²) in [5.41, 5.74) is 13.5. The second-order valence-electron chi connectivity index (χ2n) is 14.9. The Morgan fingerprint density at radius 3 is 1.81 bits per heavy atom. The number of hydrogen-bond acceptors (Lipinski definition) is 6. The highest BCUT2D eigenvalue weighted by atomic mass is 16.3. The van der Waals surface area contributed by atoms with E-state index >= 15 is 0 Å². The van der Waals surface area contributed by atoms with Gasteiger partial charge in [0.15, 0.2) is 0 Å². The number of hydrogen-bond donors (Lipinski definition) is 4. The third-order valence-electron chi connectivity index (χ3n) is 10.6. The zero-order valence-corrected chi connectivity index (χ0v) is 33.4. The van der Waals surface area contributed by atoms with Gasteiger partial charge < -0.3 is 25.3 Å². The Morgan fingerprint density at radius 2 is 1.28 bits per heavy atom. The number of aliphatic hydroxyl groups excluding tert-OH is 4. The van der Waals surface area contributed by atoms with Crippen LogP contribution in [0.2, 0.25) is 0 Å². The fourth-order valence-electron chi connectivity index (χ4n) is 8.21. The van der Waals surface area contributed by atoms with E-state index in [1.807, 2.05) is 25.1 Å². The zero-order valence-electron chi connectivity index (χ0n) is 33.4. The first-order chi connectivity index (χ1) is 25.9. The summed E-state index contributed by atoms with van der Waals surface area (Å²) in [6.45, 7) is 16.5. The number of nitrogens with zero attached hydrogens (tertiary/aromatic N) is 2. The first-order valence-electron chi connectivity index (χ1n) is 19.7. The van der Waals surface area contributed by atoms with Gasteiger partial charge >= 0.3 is 0 Å². The summed E-state index contributed by atoms with van der Waals surface area (Å²) >= 11 is 0. The van der Waals surface area contributed by atoms with Crippen LogP contribution in [0.3, 0.4) is 0 Å². The topological polar surface area (TPSA) is 104 Å². The van der Waals surface area contributed by atoms with Crippen molar-refractivity contribution in [1.82, 2.24) is 0 Å². The van der Waals surface area contributed by atoms with Crippen molar-refractivity contribution in [3.05, 3.63) is 128 Å². The molecule has 5 rings (SSSR count). The van der Waals surface area contributed by atoms with Crippen molar-refractivity contribution in [3.8, 4) is 0 Å². The Balaban J connectivity index is 1.50. The van der Waals surface area contributed by atoms with Crippen molar-refractivity contribution in [2.45, 2.75) is 99.8 Å². The van der Waals surface area contributed by atoms with Crippen molar-refractivity contribution < 1.29 is 29.8 Å². The Labute approximate surface area is 322 Å². The standard InChI is InChI=1S/C47H58N2O5/c1-8-14-35-24-31(4)44(32(5)25-35)48(20-10-12-22-50)37-16-18-39(30(3)28-37)42-46(53)43(47(42)54)40-19-17-38(29-41(40)52)49(21-11-13-23-51)45-33(6)26-36(15-9-2)27-34(45)7/h16-19,24-29,50-51H,8-15,20-23H2,1-7H3,(H,53,54)/p+1. The van der Waals surface area contributed by atoms with E-state index in [2.05, 4.69) is 81.3 Å². The third kappa shape index (κ3) is 8.48. The van der Waals surface area contributed by atoms with Crippen LogP contribution in [-0.2, 0) is 17.6 Å². The van der Waals surface area contributed by atoms with Crippen LogP contribution in [0.4, 0.5) is 17.1 Å². The fourth-order valence-corrected chi connectivity index (χ4v) is 8.21. The molecular weight excluding hydrogens is 673 g/mol. The van der Waals surface area contributed by atoms with Crippen molar-refractivity contribution in [2.75, 3.05) is 31.2 Å². The van der Waals surface area contributed by atoms with E-state index < -0.39 is 0 Å². The minimum atomic E-state index is -0.303. The van der Waals surface area contributed by atoms with E-state index in [0.717, 1.165) is 84.5 Å². The summed E-state index contributed by atoms with van der Waals surface area (Å²) in [7, 11) is 0. The van der Waals surface area contributed by atoms with Gasteiger partial charge in [-0.05, 0) is 130 Å². The number of ketones is 1. The molecule has 3 aromatic carbocycles. The number of aliphatic hydroxyl groups is 4. The lowest BCUT2D eigenvalue weighted by atomic mass is 9.78. The van der Waals surface area contributed by atoms with Gasteiger partial charge in [-0.3, -0.25) is 4.79 Å². The minimum absolute atomic E-state index is 0.0761. The van der Waals surface area contributed by atoms with E-state index in [4.69, 9.17) is 0 Å². The Hall–Kier alpha value is -4.72. The maximum atomic E-state index is 13.8. The summed E-state index contributed by atoms with van der Waals surface area (Å²) < 4.78 is 2.18. The summed E-state index contributed by atoms with van der Waals surface area (Å²) in [5.74, 6) is -0.495. The minimum Gasteiger partial charge on any atom is -0.507 e. The molecule has 0 aliphatic heterocycles. The van der Waals surface area contributed by atoms with Gasteiger partial charge in [-0.1, -0.05) is 44.9 Å². The number of carbonyl (C=O) groups excluding carboxylic acids is 1. The van der Waals surface area contributed by atoms with E-state index in [1.165, 1.54) is 22.3 Å². The fraction of sp³-hybridized carbons (Fsp3) is 0.404. The van der Waals surface area contributed by atoms with Crippen LogP contribution in [0.1, 0.15) is 96.9 Å². The van der Waals surface area contributed by atoms with Crippen molar-refractivity contribution in [2.24, 2.45) is 0 Å². The molecule has 0 amide bonds. The summed E-state index contributed by atoms with van der Waals surface area (Å²) in [4.78, 5) is 16.1. The second-order valence-corrected chi connectivity index (χ2v) is 14.9. The molecule has 4 N–H and O–H groups in total. The van der Waals surface area contributed by atoms with Crippen LogP contribution >= 0.6 is 0 Å². The molecule has 286 valence electrons. The molecule has 0 bridgehead atoms. The number of benzene rings is 3. The molecule has 7 heteroatoms. The molecule has 3 aromatic rings. The first kappa shape index (κ1) is 40.5. The largest absolute Gasteiger partial charge is 0.507 e. The van der Waals surface area contributed by atoms with E-state index in [1.54, 1.807) is 12.2 Å². The van der Waals surface area contributed by atoms with Gasteiger partial charge in [-0.25, -0.2) is 0 Å². The van der Waals surface area contributed by atoms with Crippen LogP contribution in [0.5, 0.6) is 0 Å². The van der Waals surface area contributed by atoms with Crippen LogP contribution in [0, 0.1) is 34.6 Å². The molecule has 0 saturated heterocycles. The number of unbranched alkanes of at least 4 members (excludes halogenated alkanes) is 2. The van der Waals surface area contributed by atoms with Crippen LogP contribution < -0.4 is 4.90 Å². The predicted molar refractivity (Wildman–Crippen MR) is 222 cm³/mol. The van der Waals surface area contributed by atoms with Gasteiger partial charge in [0.05, 0.1) is 17.2 Å². The molecule has 0 heterocycles. The number of rotatable bonds is 16. The highest BCUT2D eigenvalue weighted by molar-refractivity contribution is 6.39. The summed E-state index contributed by atoms with van der Waals surface area (Å²) in [6.07, 6.45) is 12.4. The van der Waals surface area contributed by atoms with Crippen LogP contribution in [-0.4, -0.2) is 62.8 Å². The van der Waals surface area contributed by atoms with Crippen molar-refractivity contribution in [1.29, 1.82) is 0 Å². The molecule has 54 heavy (non-hydrogen) atoms. The van der Waals surface area contributed by atoms with Crippen LogP contribution in [0.25, 0.3) is 5.57 Å². The Kier molecular flexibility index (Phi) is 13.5. The lowest BCUT2D eigenvalue weighted by molar-refractivity contribution is -0.441. The quantitative estimate of drug-likeness (QED) is 0.0665. The van der Waals surface area contributed by atoms with E-state index in [-0.39, 0.29) is 41.7 Å². The number of Topliss-reactive ketones (excluding diaryl/α,β-unsaturated/α-hetero) is 1. The number of carbonyl (C=O) groups is 1. The van der Waals surface area contributed by atoms with Gasteiger partial charge in [-0.2, -0.15) is 4.58 Å². The Bertz CT molecular complexity index is 2020. The molecule has 0 saturated carbocycles. The molecule has 0 fully saturated rings. The zero-order chi connectivity index (χ0) is 39.1. The molecule has 7 nitrogen and oxygen atoms in total. The number of aryl methyl sites for hydroxylation is 7. The highest BCUT2D eigenvalue weighted by Gasteiger charge is 2.39. The average molecular weight is 732 g/mol. The number of allylic oxidation sites excluding steroid dienone is 5. The maximum absolute atomic E-state index is 13.8. The van der Waals surface area contributed by atoms with Gasteiger partial charge in [0.25, 0.3) is 0 Å². The highest BCUT2D eigenvalue weighted by Crippen LogP contribution is 2.43. The van der Waals surface area contributed by atoms with Gasteiger partial charge in [-0.15, -0.1) is 0 Å². The molecule has 0 atom stereocenters. The SMILES string of the molecule is CCCc1cc(C)c(N(CCCCO)c2ccc(C3=C(O)/C(=C4\C=CC(=[N+](CCCCO)c5c(C)cc(CCC)cc5C)C=C4O)C3=O)c(C)c2)c(C)c1. The molecular formula is C47H59N2O5+. The molecule has 2 aliphatic carbocycles. The monoisotopic (exact) mass is 731 g/mol. The molecule has 0 spiro atoms.